The van der Waals surface area contributed by atoms with Crippen LogP contribution in [-0.4, -0.2) is 13.2 Å². The molecule has 6 heteroatoms. The fraction of sp³-hybridized carbons (Fsp3) is 0.727. The zero-order valence-corrected chi connectivity index (χ0v) is 31.9. The zero-order valence-electron chi connectivity index (χ0n) is 31.9. The van der Waals surface area contributed by atoms with Gasteiger partial charge in [0, 0.05) is 0 Å². The molecule has 0 bridgehead atoms. The Balaban J connectivity index is 0.000000271. The predicted molar refractivity (Wildman–Crippen MR) is 200 cm³/mol. The van der Waals surface area contributed by atoms with E-state index in [1.54, 1.807) is 24.3 Å². The molecule has 0 aromatic heterocycles. The summed E-state index contributed by atoms with van der Waals surface area (Å²) in [5.41, 5.74) is 0.908. The van der Waals surface area contributed by atoms with E-state index in [1.165, 1.54) is 77.0 Å². The van der Waals surface area contributed by atoms with Gasteiger partial charge in [-0.2, -0.15) is 8.78 Å². The first-order valence-electron chi connectivity index (χ1n) is 20.5. The molecule has 0 saturated heterocycles. The lowest BCUT2D eigenvalue weighted by Crippen LogP contribution is -2.20. The zero-order chi connectivity index (χ0) is 36.1. The summed E-state index contributed by atoms with van der Waals surface area (Å²) < 4.78 is 67.8. The molecule has 284 valence electrons. The molecule has 0 heterocycles. The first-order valence-corrected chi connectivity index (χ1v) is 20.5. The van der Waals surface area contributed by atoms with Gasteiger partial charge in [-0.3, -0.25) is 0 Å². The van der Waals surface area contributed by atoms with Crippen LogP contribution in [0.5, 0.6) is 11.5 Å². The molecule has 0 N–H and O–H groups in total. The summed E-state index contributed by atoms with van der Waals surface area (Å²) >= 11 is 0. The van der Waals surface area contributed by atoms with Crippen molar-refractivity contribution in [3.63, 3.8) is 0 Å². The van der Waals surface area contributed by atoms with Crippen molar-refractivity contribution in [3.05, 3.63) is 58.7 Å². The quantitative estimate of drug-likeness (QED) is 0.101. The average Bonchev–Trinajstić information content (AvgIpc) is 3.13. The van der Waals surface area contributed by atoms with Crippen LogP contribution in [0.25, 0.3) is 0 Å². The summed E-state index contributed by atoms with van der Waals surface area (Å²) in [7, 11) is 0. The summed E-state index contributed by atoms with van der Waals surface area (Å²) in [5.74, 6) is -0.295. The van der Waals surface area contributed by atoms with Gasteiger partial charge < -0.3 is 9.47 Å². The lowest BCUT2D eigenvalue weighted by atomic mass is 9.80. The average molecular weight is 705 g/mol. The number of halogens is 4. The molecule has 0 unspecified atom stereocenters. The number of aryl methyl sites for hydroxylation is 2. The van der Waals surface area contributed by atoms with Gasteiger partial charge in [0.2, 0.25) is 11.6 Å². The van der Waals surface area contributed by atoms with E-state index in [1.807, 2.05) is 6.92 Å². The van der Waals surface area contributed by atoms with Crippen LogP contribution in [0.4, 0.5) is 17.6 Å². The molecule has 0 aliphatic heterocycles. The Morgan fingerprint density at radius 3 is 1.22 bits per heavy atom. The van der Waals surface area contributed by atoms with Crippen molar-refractivity contribution in [3.8, 4) is 11.5 Å². The lowest BCUT2D eigenvalue weighted by Gasteiger charge is -2.28. The van der Waals surface area contributed by atoms with Gasteiger partial charge in [-0.1, -0.05) is 136 Å². The van der Waals surface area contributed by atoms with Crippen LogP contribution in [0.3, 0.4) is 0 Å². The van der Waals surface area contributed by atoms with Gasteiger partial charge in [-0.25, -0.2) is 8.78 Å². The van der Waals surface area contributed by atoms with E-state index in [0.717, 1.165) is 63.2 Å². The minimum atomic E-state index is -0.825. The van der Waals surface area contributed by atoms with Crippen LogP contribution in [0.1, 0.15) is 167 Å². The van der Waals surface area contributed by atoms with Gasteiger partial charge in [0.05, 0.1) is 13.2 Å². The van der Waals surface area contributed by atoms with Crippen LogP contribution >= 0.6 is 0 Å². The molecule has 2 aromatic rings. The second-order valence-electron chi connectivity index (χ2n) is 15.3. The second-order valence-corrected chi connectivity index (χ2v) is 15.3. The highest BCUT2D eigenvalue weighted by Crippen LogP contribution is 2.34. The van der Waals surface area contributed by atoms with Crippen LogP contribution in [-0.2, 0) is 12.8 Å². The number of benzene rings is 2. The maximum Gasteiger partial charge on any atom is 0.200 e. The van der Waals surface area contributed by atoms with Gasteiger partial charge >= 0.3 is 0 Å². The van der Waals surface area contributed by atoms with Gasteiger partial charge in [0.25, 0.3) is 0 Å². The summed E-state index contributed by atoms with van der Waals surface area (Å²) in [5, 5.41) is 0. The van der Waals surface area contributed by atoms with Crippen molar-refractivity contribution in [2.75, 3.05) is 13.2 Å². The largest absolute Gasteiger partial charge is 0.490 e. The van der Waals surface area contributed by atoms with Crippen molar-refractivity contribution in [1.82, 2.24) is 0 Å². The van der Waals surface area contributed by atoms with Gasteiger partial charge in [0.15, 0.2) is 23.1 Å². The van der Waals surface area contributed by atoms with Gasteiger partial charge in [0.1, 0.15) is 0 Å². The Kier molecular flexibility index (Phi) is 20.3. The molecule has 0 atom stereocenters. The second kappa shape index (κ2) is 24.1. The molecule has 2 fully saturated rings. The van der Waals surface area contributed by atoms with Crippen LogP contribution in [0.2, 0.25) is 0 Å². The Morgan fingerprint density at radius 1 is 0.440 bits per heavy atom. The van der Waals surface area contributed by atoms with Crippen molar-refractivity contribution >= 4 is 0 Å². The van der Waals surface area contributed by atoms with Crippen molar-refractivity contribution < 1.29 is 27.0 Å². The Hall–Kier alpha value is -2.24. The molecule has 4 rings (SSSR count). The van der Waals surface area contributed by atoms with Crippen molar-refractivity contribution in [2.45, 2.75) is 169 Å². The highest BCUT2D eigenvalue weighted by atomic mass is 19.2. The minimum Gasteiger partial charge on any atom is -0.490 e. The van der Waals surface area contributed by atoms with E-state index in [4.69, 9.17) is 9.47 Å². The topological polar surface area (TPSA) is 18.5 Å². The minimum absolute atomic E-state index is 0.0671. The van der Waals surface area contributed by atoms with Gasteiger partial charge in [-0.05, 0) is 91.9 Å². The summed E-state index contributed by atoms with van der Waals surface area (Å²) in [6.45, 7) is 9.56. The lowest BCUT2D eigenvalue weighted by molar-refractivity contribution is 0.172. The van der Waals surface area contributed by atoms with Crippen LogP contribution < -0.4 is 9.47 Å². The monoisotopic (exact) mass is 705 g/mol. The molecular formula is C44H68F4O2. The number of ether oxygens (including phenoxy) is 2. The molecular weight excluding hydrogens is 636 g/mol. The molecule has 0 amide bonds. The van der Waals surface area contributed by atoms with Crippen molar-refractivity contribution in [2.24, 2.45) is 23.7 Å². The number of rotatable bonds is 20. The number of hydrogen-bond donors (Lipinski definition) is 0. The number of unbranched alkanes of at least 4 members (excludes halogenated alkanes) is 6. The molecule has 2 aromatic carbocycles. The molecule has 0 radical (unpaired) electrons. The molecule has 0 spiro atoms. The first kappa shape index (κ1) is 42.2. The standard InChI is InChI=1S/C23H36F2O.C21H32F2O/c1-3-5-7-9-18-11-13-19(14-12-18)17-26-21-16-15-20(10-8-6-4-2)22(24)23(21)25;1-3-5-6-8-16-9-11-17(12-10-16)15-24-19-14-13-18(7-4-2)20(22)21(19)23/h15-16,18-19H,3-14,17H2,1-2H3;13-14,16-17H,3-12,15H2,1-2H3. The molecule has 2 aliphatic rings. The van der Waals surface area contributed by atoms with Gasteiger partial charge in [-0.15, -0.1) is 0 Å². The maximum atomic E-state index is 14.3. The molecule has 2 nitrogen and oxygen atoms in total. The van der Waals surface area contributed by atoms with E-state index < -0.39 is 23.3 Å². The fourth-order valence-corrected chi connectivity index (χ4v) is 7.74. The van der Waals surface area contributed by atoms with E-state index >= 15 is 0 Å². The summed E-state index contributed by atoms with van der Waals surface area (Å²) in [6, 6.07) is 6.53. The van der Waals surface area contributed by atoms with E-state index in [9.17, 15) is 17.6 Å². The number of hydrogen-bond acceptors (Lipinski definition) is 2. The fourth-order valence-electron chi connectivity index (χ4n) is 7.74. The van der Waals surface area contributed by atoms with Crippen LogP contribution in [0.15, 0.2) is 24.3 Å². The van der Waals surface area contributed by atoms with E-state index in [2.05, 4.69) is 20.8 Å². The SMILES string of the molecule is CCCCCC1CCC(COc2ccc(CCC)c(F)c2F)CC1.CCCCCc1ccc(OCC2CCC(CCCCC)CC2)c(F)c1F. The normalized spacial score (nSPS) is 20.6. The van der Waals surface area contributed by atoms with E-state index in [-0.39, 0.29) is 11.5 Å². The third-order valence-electron chi connectivity index (χ3n) is 11.1. The Labute approximate surface area is 302 Å². The first-order chi connectivity index (χ1) is 24.3. The highest BCUT2D eigenvalue weighted by molar-refractivity contribution is 5.32. The third-order valence-corrected chi connectivity index (χ3v) is 11.1. The summed E-state index contributed by atoms with van der Waals surface area (Å²) in [4.78, 5) is 0. The van der Waals surface area contributed by atoms with Crippen molar-refractivity contribution in [1.29, 1.82) is 0 Å². The molecule has 50 heavy (non-hydrogen) atoms. The Bertz CT molecular complexity index is 1200. The Morgan fingerprint density at radius 2 is 0.820 bits per heavy atom. The predicted octanol–water partition coefficient (Wildman–Crippen LogP) is 14.1. The van der Waals surface area contributed by atoms with E-state index in [0.29, 0.717) is 49.0 Å². The smallest absolute Gasteiger partial charge is 0.200 e. The highest BCUT2D eigenvalue weighted by Gasteiger charge is 2.24. The third kappa shape index (κ3) is 14.4. The molecule has 2 saturated carbocycles. The molecule has 2 aliphatic carbocycles. The van der Waals surface area contributed by atoms with Crippen LogP contribution in [0, 0.1) is 46.9 Å². The maximum absolute atomic E-state index is 14.3. The summed E-state index contributed by atoms with van der Waals surface area (Å²) in [6.07, 6.45) is 25.2.